The van der Waals surface area contributed by atoms with E-state index in [4.69, 9.17) is 4.42 Å². The van der Waals surface area contributed by atoms with Crippen LogP contribution in [0.5, 0.6) is 0 Å². The molecule has 2 N–H and O–H groups in total. The van der Waals surface area contributed by atoms with Gasteiger partial charge in [-0.25, -0.2) is 0 Å². The van der Waals surface area contributed by atoms with Crippen LogP contribution in [0, 0.1) is 13.8 Å². The molecule has 122 valence electrons. The lowest BCUT2D eigenvalue weighted by Gasteiger charge is -2.09. The van der Waals surface area contributed by atoms with Crippen LogP contribution < -0.4 is 10.6 Å². The van der Waals surface area contributed by atoms with Crippen LogP contribution in [0.25, 0.3) is 0 Å². The van der Waals surface area contributed by atoms with Gasteiger partial charge in [0.15, 0.2) is 5.69 Å². The first-order valence-corrected chi connectivity index (χ1v) is 7.60. The van der Waals surface area contributed by atoms with E-state index in [0.717, 1.165) is 22.6 Å². The number of aromatic nitrogens is 2. The molecule has 24 heavy (non-hydrogen) atoms. The van der Waals surface area contributed by atoms with Crippen LogP contribution in [0.3, 0.4) is 0 Å². The Hall–Kier alpha value is -3.15. The number of furan rings is 1. The van der Waals surface area contributed by atoms with Gasteiger partial charge in [-0.05, 0) is 49.7 Å². The lowest BCUT2D eigenvalue weighted by atomic mass is 10.1. The van der Waals surface area contributed by atoms with Crippen molar-refractivity contribution in [1.29, 1.82) is 0 Å². The fourth-order valence-electron chi connectivity index (χ4n) is 2.28. The van der Waals surface area contributed by atoms with E-state index in [2.05, 4.69) is 20.8 Å². The van der Waals surface area contributed by atoms with Crippen molar-refractivity contribution in [3.05, 3.63) is 71.3 Å². The SMILES string of the molecule is Cc1ccc(NC(=O)c2ccc(NCc3ccco3)nn2)c(C)c1. The van der Waals surface area contributed by atoms with Crippen LogP contribution in [-0.2, 0) is 6.54 Å². The largest absolute Gasteiger partial charge is 0.467 e. The van der Waals surface area contributed by atoms with E-state index in [1.54, 1.807) is 18.4 Å². The highest BCUT2D eigenvalue weighted by Gasteiger charge is 2.10. The van der Waals surface area contributed by atoms with E-state index in [0.29, 0.717) is 12.4 Å². The maximum atomic E-state index is 12.3. The lowest BCUT2D eigenvalue weighted by molar-refractivity contribution is 0.102. The minimum atomic E-state index is -0.285. The summed E-state index contributed by atoms with van der Waals surface area (Å²) in [6, 6.07) is 12.9. The number of carbonyl (C=O) groups excluding carboxylic acids is 1. The average Bonchev–Trinajstić information content (AvgIpc) is 3.09. The Morgan fingerprint density at radius 3 is 2.67 bits per heavy atom. The van der Waals surface area contributed by atoms with Crippen LogP contribution in [-0.4, -0.2) is 16.1 Å². The minimum absolute atomic E-state index is 0.263. The van der Waals surface area contributed by atoms with Crippen molar-refractivity contribution in [3.63, 3.8) is 0 Å². The molecule has 2 aromatic heterocycles. The maximum Gasteiger partial charge on any atom is 0.276 e. The molecule has 0 aliphatic carbocycles. The zero-order valence-electron chi connectivity index (χ0n) is 13.5. The zero-order valence-corrected chi connectivity index (χ0v) is 13.5. The van der Waals surface area contributed by atoms with E-state index in [1.165, 1.54) is 0 Å². The molecule has 0 saturated heterocycles. The zero-order chi connectivity index (χ0) is 16.9. The number of nitrogens with zero attached hydrogens (tertiary/aromatic N) is 2. The molecule has 0 fully saturated rings. The molecule has 6 nitrogen and oxygen atoms in total. The van der Waals surface area contributed by atoms with Gasteiger partial charge in [-0.2, -0.15) is 0 Å². The van der Waals surface area contributed by atoms with E-state index >= 15 is 0 Å². The molecule has 0 bridgehead atoms. The molecule has 1 amide bonds. The third-order valence-corrected chi connectivity index (χ3v) is 3.55. The number of aryl methyl sites for hydroxylation is 2. The fraction of sp³-hybridized carbons (Fsp3) is 0.167. The van der Waals surface area contributed by atoms with E-state index < -0.39 is 0 Å². The summed E-state index contributed by atoms with van der Waals surface area (Å²) in [6.07, 6.45) is 1.61. The Kier molecular flexibility index (Phi) is 4.56. The van der Waals surface area contributed by atoms with Gasteiger partial charge in [0.25, 0.3) is 5.91 Å². The molecule has 0 radical (unpaired) electrons. The molecule has 0 spiro atoms. The number of anilines is 2. The van der Waals surface area contributed by atoms with Crippen molar-refractivity contribution in [2.75, 3.05) is 10.6 Å². The first kappa shape index (κ1) is 15.7. The second-order valence-electron chi connectivity index (χ2n) is 5.51. The molecule has 0 unspecified atom stereocenters. The summed E-state index contributed by atoms with van der Waals surface area (Å²) in [7, 11) is 0. The molecule has 0 atom stereocenters. The average molecular weight is 322 g/mol. The maximum absolute atomic E-state index is 12.3. The van der Waals surface area contributed by atoms with Crippen molar-refractivity contribution in [1.82, 2.24) is 10.2 Å². The molecule has 0 aliphatic heterocycles. The summed E-state index contributed by atoms with van der Waals surface area (Å²) in [6.45, 7) is 4.48. The van der Waals surface area contributed by atoms with Gasteiger partial charge in [0, 0.05) is 5.69 Å². The summed E-state index contributed by atoms with van der Waals surface area (Å²) >= 11 is 0. The van der Waals surface area contributed by atoms with Gasteiger partial charge in [0.05, 0.1) is 12.8 Å². The van der Waals surface area contributed by atoms with Gasteiger partial charge >= 0.3 is 0 Å². The summed E-state index contributed by atoms with van der Waals surface area (Å²) in [5, 5.41) is 13.9. The van der Waals surface area contributed by atoms with Gasteiger partial charge in [0.1, 0.15) is 11.6 Å². The fourth-order valence-corrected chi connectivity index (χ4v) is 2.28. The van der Waals surface area contributed by atoms with Crippen molar-refractivity contribution in [3.8, 4) is 0 Å². The molecule has 2 heterocycles. The Morgan fingerprint density at radius 2 is 2.00 bits per heavy atom. The van der Waals surface area contributed by atoms with Crippen LogP contribution in [0.4, 0.5) is 11.5 Å². The Labute approximate surface area is 139 Å². The molecule has 1 aromatic carbocycles. The molecule has 3 aromatic rings. The van der Waals surface area contributed by atoms with Gasteiger partial charge in [-0.1, -0.05) is 17.7 Å². The van der Waals surface area contributed by atoms with Gasteiger partial charge in [-0.3, -0.25) is 4.79 Å². The Bertz CT molecular complexity index is 827. The first-order valence-electron chi connectivity index (χ1n) is 7.60. The highest BCUT2D eigenvalue weighted by Crippen LogP contribution is 2.17. The molecular weight excluding hydrogens is 304 g/mol. The number of amides is 1. The van der Waals surface area contributed by atoms with Gasteiger partial charge < -0.3 is 15.1 Å². The minimum Gasteiger partial charge on any atom is -0.467 e. The highest BCUT2D eigenvalue weighted by atomic mass is 16.3. The summed E-state index contributed by atoms with van der Waals surface area (Å²) in [4.78, 5) is 12.3. The lowest BCUT2D eigenvalue weighted by Crippen LogP contribution is -2.15. The Morgan fingerprint density at radius 1 is 1.12 bits per heavy atom. The second-order valence-corrected chi connectivity index (χ2v) is 5.51. The van der Waals surface area contributed by atoms with E-state index in [1.807, 2.05) is 44.2 Å². The number of benzene rings is 1. The summed E-state index contributed by atoms with van der Waals surface area (Å²) in [5.41, 5.74) is 3.19. The van der Waals surface area contributed by atoms with E-state index in [9.17, 15) is 4.79 Å². The van der Waals surface area contributed by atoms with Crippen LogP contribution in [0.15, 0.2) is 53.1 Å². The molecular formula is C18H18N4O2. The van der Waals surface area contributed by atoms with Crippen molar-refractivity contribution >= 4 is 17.4 Å². The third-order valence-electron chi connectivity index (χ3n) is 3.55. The number of nitrogens with one attached hydrogen (secondary N) is 2. The third kappa shape index (κ3) is 3.78. The highest BCUT2D eigenvalue weighted by molar-refractivity contribution is 6.03. The second kappa shape index (κ2) is 6.95. The first-order chi connectivity index (χ1) is 11.6. The van der Waals surface area contributed by atoms with Crippen molar-refractivity contribution in [2.45, 2.75) is 20.4 Å². The van der Waals surface area contributed by atoms with Crippen LogP contribution in [0.1, 0.15) is 27.4 Å². The summed E-state index contributed by atoms with van der Waals surface area (Å²) < 4.78 is 5.23. The van der Waals surface area contributed by atoms with Crippen molar-refractivity contribution < 1.29 is 9.21 Å². The number of hydrogen-bond acceptors (Lipinski definition) is 5. The Balaban J connectivity index is 1.63. The monoisotopic (exact) mass is 322 g/mol. The molecule has 0 saturated carbocycles. The summed E-state index contributed by atoms with van der Waals surface area (Å²) in [5.74, 6) is 1.09. The topological polar surface area (TPSA) is 80.0 Å². The number of hydrogen-bond donors (Lipinski definition) is 2. The van der Waals surface area contributed by atoms with E-state index in [-0.39, 0.29) is 11.6 Å². The normalized spacial score (nSPS) is 10.4. The predicted molar refractivity (Wildman–Crippen MR) is 91.9 cm³/mol. The van der Waals surface area contributed by atoms with Crippen LogP contribution in [0.2, 0.25) is 0 Å². The van der Waals surface area contributed by atoms with Gasteiger partial charge in [-0.15, -0.1) is 10.2 Å². The smallest absolute Gasteiger partial charge is 0.276 e. The van der Waals surface area contributed by atoms with Crippen molar-refractivity contribution in [2.24, 2.45) is 0 Å². The number of rotatable bonds is 5. The predicted octanol–water partition coefficient (Wildman–Crippen LogP) is 3.55. The van der Waals surface area contributed by atoms with Gasteiger partial charge in [0.2, 0.25) is 0 Å². The number of carbonyl (C=O) groups is 1. The molecule has 0 aliphatic rings. The molecule has 6 heteroatoms. The molecule has 3 rings (SSSR count). The standard InChI is InChI=1S/C18H18N4O2/c1-12-5-6-15(13(2)10-12)20-18(23)16-7-8-17(22-21-16)19-11-14-4-3-9-24-14/h3-10H,11H2,1-2H3,(H,19,22)(H,20,23). The van der Waals surface area contributed by atoms with Crippen LogP contribution >= 0.6 is 0 Å². The quantitative estimate of drug-likeness (QED) is 0.751.